The fourth-order valence-corrected chi connectivity index (χ4v) is 3.28. The Morgan fingerprint density at radius 2 is 1.90 bits per heavy atom. The minimum absolute atomic E-state index is 0.0617. The second-order valence-corrected chi connectivity index (χ2v) is 7.10. The highest BCUT2D eigenvalue weighted by Gasteiger charge is 2.39. The number of nitrogens with one attached hydrogen (secondary N) is 2. The Labute approximate surface area is 176 Å². The highest BCUT2D eigenvalue weighted by Crippen LogP contribution is 2.16. The molecule has 4 rings (SSSR count). The summed E-state index contributed by atoms with van der Waals surface area (Å²) in [6.07, 6.45) is 2.86. The number of hydrogen-bond donors (Lipinski definition) is 2. The number of imide groups is 1. The van der Waals surface area contributed by atoms with Crippen LogP contribution in [0, 0.1) is 5.82 Å². The van der Waals surface area contributed by atoms with Crippen LogP contribution in [-0.4, -0.2) is 43.6 Å². The Hall–Kier alpha value is -4.08. The van der Waals surface area contributed by atoms with Gasteiger partial charge in [-0.15, -0.1) is 0 Å². The molecule has 9 nitrogen and oxygen atoms in total. The van der Waals surface area contributed by atoms with Crippen molar-refractivity contribution < 1.29 is 18.8 Å². The van der Waals surface area contributed by atoms with Crippen LogP contribution in [0.15, 0.2) is 61.2 Å². The van der Waals surface area contributed by atoms with Gasteiger partial charge in [0.1, 0.15) is 24.5 Å². The molecule has 2 heterocycles. The quantitative estimate of drug-likeness (QED) is 0.566. The van der Waals surface area contributed by atoms with Crippen LogP contribution in [0.25, 0.3) is 0 Å². The van der Waals surface area contributed by atoms with Gasteiger partial charge >= 0.3 is 6.03 Å². The van der Waals surface area contributed by atoms with E-state index in [1.54, 1.807) is 29.2 Å². The van der Waals surface area contributed by atoms with Gasteiger partial charge in [-0.1, -0.05) is 24.3 Å². The Morgan fingerprint density at radius 1 is 1.10 bits per heavy atom. The molecule has 0 aliphatic carbocycles. The third kappa shape index (κ3) is 4.92. The first-order valence-electron chi connectivity index (χ1n) is 9.55. The van der Waals surface area contributed by atoms with Crippen molar-refractivity contribution in [3.8, 4) is 0 Å². The number of carbonyl (C=O) groups is 3. The lowest BCUT2D eigenvalue weighted by Crippen LogP contribution is -2.34. The van der Waals surface area contributed by atoms with Gasteiger partial charge < -0.3 is 10.6 Å². The highest BCUT2D eigenvalue weighted by molar-refractivity contribution is 6.06. The molecule has 0 spiro atoms. The first-order chi connectivity index (χ1) is 15.0. The first kappa shape index (κ1) is 20.2. The van der Waals surface area contributed by atoms with Gasteiger partial charge in [0.05, 0.1) is 19.5 Å². The number of halogens is 1. The zero-order valence-corrected chi connectivity index (χ0v) is 16.4. The molecule has 0 unspecified atom stereocenters. The molecule has 0 radical (unpaired) electrons. The summed E-state index contributed by atoms with van der Waals surface area (Å²) in [6.45, 7) is 0.492. The van der Waals surface area contributed by atoms with Gasteiger partial charge in [0, 0.05) is 5.69 Å². The van der Waals surface area contributed by atoms with Crippen LogP contribution in [0.2, 0.25) is 0 Å². The zero-order valence-electron chi connectivity index (χ0n) is 16.4. The monoisotopic (exact) mass is 422 g/mol. The zero-order chi connectivity index (χ0) is 21.8. The van der Waals surface area contributed by atoms with Crippen LogP contribution in [0.1, 0.15) is 17.5 Å². The minimum Gasteiger partial charge on any atom is -0.326 e. The van der Waals surface area contributed by atoms with Crippen molar-refractivity contribution in [1.82, 2.24) is 25.0 Å². The van der Waals surface area contributed by atoms with E-state index in [9.17, 15) is 18.8 Å². The summed E-state index contributed by atoms with van der Waals surface area (Å²) in [7, 11) is 0. The van der Waals surface area contributed by atoms with Crippen LogP contribution < -0.4 is 10.6 Å². The molecule has 10 heteroatoms. The topological polar surface area (TPSA) is 109 Å². The molecule has 1 fully saturated rings. The average molecular weight is 422 g/mol. The van der Waals surface area contributed by atoms with Crippen molar-refractivity contribution in [3.05, 3.63) is 78.1 Å². The molecule has 3 aromatic rings. The van der Waals surface area contributed by atoms with Gasteiger partial charge in [-0.05, 0) is 35.4 Å². The summed E-state index contributed by atoms with van der Waals surface area (Å²) in [5.74, 6) is -1.38. The van der Waals surface area contributed by atoms with Crippen molar-refractivity contribution in [1.29, 1.82) is 0 Å². The van der Waals surface area contributed by atoms with Crippen molar-refractivity contribution in [2.45, 2.75) is 25.6 Å². The Balaban J connectivity index is 1.32. The van der Waals surface area contributed by atoms with E-state index in [1.165, 1.54) is 24.5 Å². The van der Waals surface area contributed by atoms with E-state index < -0.39 is 29.7 Å². The van der Waals surface area contributed by atoms with E-state index in [-0.39, 0.29) is 13.0 Å². The molecule has 4 amide bonds. The Bertz CT molecular complexity index is 1100. The molecule has 1 aliphatic rings. The third-order valence-electron chi connectivity index (χ3n) is 4.78. The van der Waals surface area contributed by atoms with Gasteiger partial charge in [0.15, 0.2) is 0 Å². The lowest BCUT2D eigenvalue weighted by atomic mass is 10.1. The Morgan fingerprint density at radius 3 is 2.61 bits per heavy atom. The molecular formula is C21H19FN6O3. The summed E-state index contributed by atoms with van der Waals surface area (Å²) in [4.78, 5) is 41.9. The van der Waals surface area contributed by atoms with E-state index in [1.807, 2.05) is 12.1 Å². The third-order valence-corrected chi connectivity index (χ3v) is 4.78. The molecule has 1 saturated heterocycles. The van der Waals surface area contributed by atoms with Crippen molar-refractivity contribution in [2.75, 3.05) is 5.32 Å². The maximum absolute atomic E-state index is 13.3. The molecule has 1 aromatic heterocycles. The molecule has 2 N–H and O–H groups in total. The number of aromatic nitrogens is 3. The second-order valence-electron chi connectivity index (χ2n) is 7.10. The standard InChI is InChI=1S/C21H19FN6O3/c22-16-3-1-2-15(8-16)11-28-20(30)18(26-21(28)31)9-19(29)25-17-6-4-14(5-7-17)10-27-13-23-12-24-27/h1-8,12-13,18H,9-11H2,(H,25,29)(H,26,31)/t18-/m1/s1. The normalized spacial score (nSPS) is 15.8. The number of nitrogens with zero attached hydrogens (tertiary/aromatic N) is 4. The highest BCUT2D eigenvalue weighted by atomic mass is 19.1. The van der Waals surface area contributed by atoms with Crippen molar-refractivity contribution in [3.63, 3.8) is 0 Å². The largest absolute Gasteiger partial charge is 0.326 e. The fraction of sp³-hybridized carbons (Fsp3) is 0.190. The number of benzene rings is 2. The smallest absolute Gasteiger partial charge is 0.325 e. The summed E-state index contributed by atoms with van der Waals surface area (Å²) in [5.41, 5.74) is 2.04. The second kappa shape index (κ2) is 8.74. The predicted molar refractivity (Wildman–Crippen MR) is 108 cm³/mol. The van der Waals surface area contributed by atoms with Crippen LogP contribution in [-0.2, 0) is 22.7 Å². The van der Waals surface area contributed by atoms with E-state index in [2.05, 4.69) is 20.7 Å². The van der Waals surface area contributed by atoms with E-state index in [4.69, 9.17) is 0 Å². The van der Waals surface area contributed by atoms with E-state index in [0.717, 1.165) is 10.5 Å². The number of hydrogen-bond acceptors (Lipinski definition) is 5. The lowest BCUT2D eigenvalue weighted by Gasteiger charge is -2.13. The minimum atomic E-state index is -0.965. The molecule has 1 atom stereocenters. The Kier molecular flexibility index (Phi) is 5.69. The maximum Gasteiger partial charge on any atom is 0.325 e. The van der Waals surface area contributed by atoms with Gasteiger partial charge in [-0.25, -0.2) is 18.9 Å². The summed E-state index contributed by atoms with van der Waals surface area (Å²) < 4.78 is 15.0. The molecule has 2 aromatic carbocycles. The van der Waals surface area contributed by atoms with Crippen LogP contribution in [0.4, 0.5) is 14.9 Å². The summed E-state index contributed by atoms with van der Waals surface area (Å²) >= 11 is 0. The number of amides is 4. The molecule has 31 heavy (non-hydrogen) atoms. The first-order valence-corrected chi connectivity index (χ1v) is 9.55. The molecular weight excluding hydrogens is 403 g/mol. The fourth-order valence-electron chi connectivity index (χ4n) is 3.28. The summed E-state index contributed by atoms with van der Waals surface area (Å²) in [5, 5.41) is 9.26. The van der Waals surface area contributed by atoms with Gasteiger partial charge in [0.2, 0.25) is 5.91 Å². The van der Waals surface area contributed by atoms with E-state index in [0.29, 0.717) is 17.8 Å². The number of anilines is 1. The maximum atomic E-state index is 13.3. The van der Waals surface area contributed by atoms with Crippen LogP contribution in [0.5, 0.6) is 0 Å². The molecule has 0 saturated carbocycles. The van der Waals surface area contributed by atoms with Crippen LogP contribution in [0.3, 0.4) is 0 Å². The van der Waals surface area contributed by atoms with Gasteiger partial charge in [-0.2, -0.15) is 5.10 Å². The molecule has 1 aliphatic heterocycles. The SMILES string of the molecule is O=C(C[C@H]1NC(=O)N(Cc2cccc(F)c2)C1=O)Nc1ccc(Cn2cncn2)cc1. The number of rotatable bonds is 7. The molecule has 0 bridgehead atoms. The lowest BCUT2D eigenvalue weighted by molar-refractivity contribution is -0.130. The number of carbonyl (C=O) groups excluding carboxylic acids is 3. The molecule has 158 valence electrons. The number of urea groups is 1. The average Bonchev–Trinajstić information content (AvgIpc) is 3.33. The van der Waals surface area contributed by atoms with Crippen LogP contribution >= 0.6 is 0 Å². The van der Waals surface area contributed by atoms with E-state index >= 15 is 0 Å². The van der Waals surface area contributed by atoms with Gasteiger partial charge in [-0.3, -0.25) is 14.5 Å². The van der Waals surface area contributed by atoms with Gasteiger partial charge in [0.25, 0.3) is 5.91 Å². The summed E-state index contributed by atoms with van der Waals surface area (Å²) in [6, 6.07) is 11.3. The predicted octanol–water partition coefficient (Wildman–Crippen LogP) is 1.91. The van der Waals surface area contributed by atoms with Crippen molar-refractivity contribution >= 4 is 23.5 Å². The van der Waals surface area contributed by atoms with Crippen molar-refractivity contribution in [2.24, 2.45) is 0 Å².